The quantitative estimate of drug-likeness (QED) is 0.0117. The van der Waals surface area contributed by atoms with E-state index in [2.05, 4.69) is 84.7 Å². The van der Waals surface area contributed by atoms with Gasteiger partial charge in [-0.15, -0.1) is 5.10 Å². The van der Waals surface area contributed by atoms with Crippen molar-refractivity contribution in [3.8, 4) is 5.75 Å². The van der Waals surface area contributed by atoms with Gasteiger partial charge in [0.1, 0.15) is 72.2 Å². The molecule has 618 valence electrons. The van der Waals surface area contributed by atoms with Gasteiger partial charge in [-0.25, -0.2) is 9.48 Å². The van der Waals surface area contributed by atoms with Crippen molar-refractivity contribution in [2.24, 2.45) is 11.7 Å². The number of hydrogen-bond acceptors (Lipinski definition) is 26. The SMILES string of the molecule is CC(=O)N[C@@H](Cc1ccc(O)cc1)C(=O)N[C@H](CC(C)C)C(=O)N[C@@H](CC(=O)O)C(=O)NCCOCCn1cc(CCC(=O)N[C@@H]2CSSC[C@H](C(=O)O)NC(=O)[C@@H](Cc3ccccc3)NC(=O)[C@H]3CSSC[C@@H](NC(=O)[C@@H](CC(=O)O)NC2=O)C(=O)N[C@H](CCCNC(=N)N)C(=O)NCC(=O)N[C@H](CC(=O)O)C(=O)N3)nn1. The van der Waals surface area contributed by atoms with Gasteiger partial charge >= 0.3 is 23.9 Å². The number of fused-ring (bicyclic) bond motifs is 5. The standard InChI is InChI=1S/C67H93N19O23S4/c1-34(2)22-41(77-59(100)42(73-35(3)87)24-37-11-14-39(88)15-12-37)58(99)79-44(25-53(91)92)57(98)70-18-20-109-21-19-86-29-38(84-85-86)13-16-51(89)75-47-30-110-113-33-50(66(107)108)83-60(101)43(23-36-8-5-4-6-9-36)78-65(106)49-32-112-111-31-48(82-62(103)46(27-55(95)96)80-63(47)104)64(105)76-40(10-7-17-71-67(68)69)56(97)72-28-52(90)74-45(26-54(93)94)61(102)81-49/h4-6,8-9,11-12,14-15,29,34,40-50,88H,7,10,13,16-28,30-33H2,1-3H3,(H,70,98)(H,72,97)(H,73,87)(H,74,90)(H,75,89)(H,76,105)(H,77,100)(H,78,106)(H,79,99)(H,80,104)(H,81,102)(H,82,103)(H,83,101)(H,91,92)(H,93,94)(H,95,96)(H,107,108)(H4,68,69,71)/t40-,41-,42+,43-,44+,45-,46-,47-,48-,49-,50-/m1/s1. The zero-order valence-electron chi connectivity index (χ0n) is 61.5. The molecule has 11 atom stereocenters. The highest BCUT2D eigenvalue weighted by molar-refractivity contribution is 8.77. The molecular weight excluding hydrogens is 1570 g/mol. The molecule has 2 aliphatic rings. The van der Waals surface area contributed by atoms with Crippen molar-refractivity contribution in [2.45, 2.75) is 158 Å². The van der Waals surface area contributed by atoms with Gasteiger partial charge < -0.3 is 110 Å². The number of carboxylic acid groups (broad SMARTS) is 4. The van der Waals surface area contributed by atoms with Crippen molar-refractivity contribution in [1.82, 2.24) is 89.4 Å². The summed E-state index contributed by atoms with van der Waals surface area (Å²) in [5.41, 5.74) is 6.70. The number of carbonyl (C=O) groups is 17. The summed E-state index contributed by atoms with van der Waals surface area (Å²) in [5, 5.41) is 99.4. The van der Waals surface area contributed by atoms with Gasteiger partial charge in [0, 0.05) is 74.9 Å². The van der Waals surface area contributed by atoms with Crippen molar-refractivity contribution in [2.75, 3.05) is 55.9 Å². The number of nitrogens with zero attached hydrogens (tertiary/aromatic N) is 3. The minimum absolute atomic E-state index is 0.0148. The fourth-order valence-electron chi connectivity index (χ4n) is 10.6. The second-order valence-electron chi connectivity index (χ2n) is 26.0. The summed E-state index contributed by atoms with van der Waals surface area (Å²) in [7, 11) is 3.10. The summed E-state index contributed by atoms with van der Waals surface area (Å²) in [6, 6.07) is -4.00. The van der Waals surface area contributed by atoms with E-state index in [0.29, 0.717) is 11.1 Å². The minimum Gasteiger partial charge on any atom is -0.508 e. The van der Waals surface area contributed by atoms with Gasteiger partial charge in [-0.1, -0.05) is 105 Å². The number of phenols is 1. The maximum atomic E-state index is 14.5. The third-order valence-electron chi connectivity index (χ3n) is 16.3. The number of ether oxygens (including phenoxy) is 1. The summed E-state index contributed by atoms with van der Waals surface area (Å²) < 4.78 is 6.99. The number of carboxylic acids is 4. The Labute approximate surface area is 662 Å². The Bertz CT molecular complexity index is 3870. The molecule has 0 saturated carbocycles. The first-order valence-corrected chi connectivity index (χ1v) is 40.2. The van der Waals surface area contributed by atoms with Crippen molar-refractivity contribution in [3.05, 3.63) is 77.6 Å². The molecule has 3 aromatic rings. The Morgan fingerprint density at radius 3 is 1.81 bits per heavy atom. The third-order valence-corrected chi connectivity index (χ3v) is 21.1. The largest absolute Gasteiger partial charge is 0.508 e. The number of aliphatic carboxylic acids is 4. The van der Waals surface area contributed by atoms with Gasteiger partial charge in [0.05, 0.1) is 51.3 Å². The van der Waals surface area contributed by atoms with E-state index in [4.69, 9.17) is 15.9 Å². The number of aromatic nitrogens is 3. The predicted octanol–water partition coefficient (Wildman–Crippen LogP) is -5.39. The van der Waals surface area contributed by atoms with E-state index in [9.17, 15) is 107 Å². The van der Waals surface area contributed by atoms with Crippen molar-refractivity contribution < 1.29 is 112 Å². The van der Waals surface area contributed by atoms with Crippen molar-refractivity contribution >= 4 is 150 Å². The summed E-state index contributed by atoms with van der Waals surface area (Å²) in [6.45, 7) is 3.51. The average molecular weight is 1660 g/mol. The lowest BCUT2D eigenvalue weighted by Gasteiger charge is -2.27. The van der Waals surface area contributed by atoms with Crippen LogP contribution in [0.15, 0.2) is 60.8 Å². The van der Waals surface area contributed by atoms with Gasteiger partial charge in [-0.2, -0.15) is 0 Å². The summed E-state index contributed by atoms with van der Waals surface area (Å²) in [5.74, 6) is -21.7. The molecule has 113 heavy (non-hydrogen) atoms. The number of guanidine groups is 1. The highest BCUT2D eigenvalue weighted by atomic mass is 33.1. The number of hydrogen-bond donors (Lipinski definition) is 21. The van der Waals surface area contributed by atoms with Crippen LogP contribution in [-0.2, 0) is 112 Å². The molecule has 2 aliphatic heterocycles. The fraction of sp³-hybridized carbons (Fsp3) is 0.522. The van der Waals surface area contributed by atoms with Crippen LogP contribution in [0.3, 0.4) is 0 Å². The van der Waals surface area contributed by atoms with Crippen LogP contribution in [0.4, 0.5) is 0 Å². The maximum absolute atomic E-state index is 14.5. The average Bonchev–Trinajstić information content (AvgIpc) is 1.04. The topological polar surface area (TPSA) is 650 Å². The molecular formula is C67H93N19O23S4. The van der Waals surface area contributed by atoms with Crippen LogP contribution < -0.4 is 80.2 Å². The molecule has 2 saturated heterocycles. The number of nitrogens with two attached hydrogens (primary N) is 1. The third kappa shape index (κ3) is 35.1. The first-order valence-electron chi connectivity index (χ1n) is 35.2. The predicted molar refractivity (Wildman–Crippen MR) is 407 cm³/mol. The normalized spacial score (nSPS) is 20.8. The number of carbonyl (C=O) groups excluding carboxylic acids is 13. The number of amides is 13. The van der Waals surface area contributed by atoms with Crippen molar-refractivity contribution in [3.63, 3.8) is 0 Å². The van der Waals surface area contributed by atoms with E-state index in [-0.39, 0.29) is 95.2 Å². The van der Waals surface area contributed by atoms with Gasteiger partial charge in [0.25, 0.3) is 0 Å². The highest BCUT2D eigenvalue weighted by Crippen LogP contribution is 2.26. The zero-order valence-corrected chi connectivity index (χ0v) is 64.7. The fourth-order valence-corrected chi connectivity index (χ4v) is 15.3. The second-order valence-corrected chi connectivity index (χ2v) is 31.1. The van der Waals surface area contributed by atoms with Crippen molar-refractivity contribution in [1.29, 1.82) is 5.41 Å². The molecule has 5 rings (SSSR count). The van der Waals surface area contributed by atoms with Crippen LogP contribution in [0, 0.1) is 11.3 Å². The summed E-state index contributed by atoms with van der Waals surface area (Å²) >= 11 is 0. The smallest absolute Gasteiger partial charge is 0.327 e. The highest BCUT2D eigenvalue weighted by Gasteiger charge is 2.38. The monoisotopic (exact) mass is 1660 g/mol. The molecule has 2 bridgehead atoms. The number of aromatic hydroxyl groups is 1. The van der Waals surface area contributed by atoms with Gasteiger partial charge in [-0.3, -0.25) is 82.1 Å². The van der Waals surface area contributed by atoms with Crippen LogP contribution in [0.2, 0.25) is 0 Å². The Balaban J connectivity index is 1.32. The number of phenolic OH excluding ortho intramolecular Hbond substituents is 1. The van der Waals surface area contributed by atoms with Crippen LogP contribution in [0.25, 0.3) is 0 Å². The maximum Gasteiger partial charge on any atom is 0.327 e. The van der Waals surface area contributed by atoms with Gasteiger partial charge in [0.2, 0.25) is 76.8 Å². The molecule has 0 unspecified atom stereocenters. The van der Waals surface area contributed by atoms with E-state index < -0.39 is 222 Å². The summed E-state index contributed by atoms with van der Waals surface area (Å²) in [6.07, 6.45) is -2.52. The molecule has 46 heteroatoms. The number of aryl methyl sites for hydroxylation is 1. The molecule has 0 aliphatic carbocycles. The molecule has 1 aromatic heterocycles. The van der Waals surface area contributed by atoms with E-state index in [1.54, 1.807) is 56.3 Å². The first kappa shape index (κ1) is 92.6. The van der Waals surface area contributed by atoms with Crippen LogP contribution in [0.5, 0.6) is 5.75 Å². The molecule has 3 heterocycles. The second kappa shape index (κ2) is 48.0. The van der Waals surface area contributed by atoms with E-state index in [0.717, 1.165) is 43.2 Å². The molecule has 2 fully saturated rings. The van der Waals surface area contributed by atoms with Gasteiger partial charge in [-0.05, 0) is 48.4 Å². The molecule has 13 amide bonds. The zero-order chi connectivity index (χ0) is 83.3. The first-order chi connectivity index (χ1) is 53.6. The molecule has 2 aromatic carbocycles. The lowest BCUT2D eigenvalue weighted by molar-refractivity contribution is -0.142. The lowest BCUT2D eigenvalue weighted by atomic mass is 10.0. The van der Waals surface area contributed by atoms with Crippen LogP contribution in [0.1, 0.15) is 82.5 Å². The Hall–Kier alpha value is -11.0. The number of rotatable bonds is 33. The lowest BCUT2D eigenvalue weighted by Crippen LogP contribution is -2.59. The molecule has 0 spiro atoms. The number of nitrogens with one attached hydrogen (secondary N) is 15. The van der Waals surface area contributed by atoms with Crippen LogP contribution in [-0.4, -0.2) is 269 Å². The van der Waals surface area contributed by atoms with Gasteiger partial charge in [0.15, 0.2) is 5.96 Å². The number of benzene rings is 2. The van der Waals surface area contributed by atoms with E-state index >= 15 is 0 Å². The molecule has 42 nitrogen and oxygen atoms in total. The molecule has 22 N–H and O–H groups in total. The summed E-state index contributed by atoms with van der Waals surface area (Å²) in [4.78, 5) is 229. The minimum atomic E-state index is -2.04. The van der Waals surface area contributed by atoms with E-state index in [1.807, 2.05) is 0 Å². The molecule has 0 radical (unpaired) electrons. The van der Waals surface area contributed by atoms with E-state index in [1.165, 1.54) is 29.9 Å². The Morgan fingerprint density at radius 2 is 1.20 bits per heavy atom. The Kier molecular flexibility index (Phi) is 39.4. The van der Waals surface area contributed by atoms with Crippen LogP contribution >= 0.6 is 43.2 Å². The Morgan fingerprint density at radius 1 is 0.619 bits per heavy atom.